The van der Waals surface area contributed by atoms with Crippen LogP contribution < -0.4 is 10.2 Å². The van der Waals surface area contributed by atoms with Gasteiger partial charge in [0.1, 0.15) is 0 Å². The third-order valence-corrected chi connectivity index (χ3v) is 5.37. The Kier molecular flexibility index (Phi) is 4.04. The highest BCUT2D eigenvalue weighted by Gasteiger charge is 2.23. The molecule has 2 aliphatic rings. The number of thioether (sulfide) groups is 1. The summed E-state index contributed by atoms with van der Waals surface area (Å²) in [6.45, 7) is 3.21. The molecule has 1 aromatic carbocycles. The minimum Gasteiger partial charge on any atom is -0.370 e. The van der Waals surface area contributed by atoms with Crippen molar-refractivity contribution in [3.05, 3.63) is 29.3 Å². The molecule has 1 atom stereocenters. The van der Waals surface area contributed by atoms with Gasteiger partial charge >= 0.3 is 0 Å². The van der Waals surface area contributed by atoms with E-state index >= 15 is 0 Å². The van der Waals surface area contributed by atoms with Gasteiger partial charge in [-0.3, -0.25) is 0 Å². The van der Waals surface area contributed by atoms with E-state index in [2.05, 4.69) is 54.1 Å². The van der Waals surface area contributed by atoms with Crippen molar-refractivity contribution in [1.29, 1.82) is 0 Å². The van der Waals surface area contributed by atoms with E-state index in [9.17, 15) is 0 Å². The summed E-state index contributed by atoms with van der Waals surface area (Å²) in [4.78, 5) is 2.50. The first kappa shape index (κ1) is 13.3. The van der Waals surface area contributed by atoms with Gasteiger partial charge in [0.15, 0.2) is 0 Å². The minimum atomic E-state index is 0.715. The van der Waals surface area contributed by atoms with Gasteiger partial charge in [-0.25, -0.2) is 0 Å². The lowest BCUT2D eigenvalue weighted by Crippen LogP contribution is -2.32. The first-order valence-electron chi connectivity index (χ1n) is 7.37. The summed E-state index contributed by atoms with van der Waals surface area (Å²) in [7, 11) is 2.27. The van der Waals surface area contributed by atoms with Gasteiger partial charge in [0.2, 0.25) is 0 Å². The molecule has 0 radical (unpaired) electrons. The molecule has 104 valence electrons. The lowest BCUT2D eigenvalue weighted by atomic mass is 10.1. The zero-order valence-corrected chi connectivity index (χ0v) is 12.8. The minimum absolute atomic E-state index is 0.715. The topological polar surface area (TPSA) is 15.3 Å². The SMILES string of the molecule is Cc1ccc(N(C)C2CCSC2)c(CNC2CC2)c1. The Morgan fingerprint density at radius 2 is 2.16 bits per heavy atom. The number of benzene rings is 1. The fourth-order valence-electron chi connectivity index (χ4n) is 2.77. The monoisotopic (exact) mass is 276 g/mol. The first-order chi connectivity index (χ1) is 9.24. The highest BCUT2D eigenvalue weighted by molar-refractivity contribution is 7.99. The van der Waals surface area contributed by atoms with Crippen LogP contribution in [0.2, 0.25) is 0 Å². The van der Waals surface area contributed by atoms with Gasteiger partial charge in [-0.1, -0.05) is 17.7 Å². The van der Waals surface area contributed by atoms with Crippen LogP contribution in [0.25, 0.3) is 0 Å². The molecule has 2 fully saturated rings. The number of nitrogens with zero attached hydrogens (tertiary/aromatic N) is 1. The molecule has 1 N–H and O–H groups in total. The predicted molar refractivity (Wildman–Crippen MR) is 85.2 cm³/mol. The molecular formula is C16H24N2S. The van der Waals surface area contributed by atoms with E-state index in [4.69, 9.17) is 0 Å². The number of rotatable bonds is 5. The fraction of sp³-hybridized carbons (Fsp3) is 0.625. The van der Waals surface area contributed by atoms with E-state index < -0.39 is 0 Å². The molecule has 1 heterocycles. The van der Waals surface area contributed by atoms with Crippen LogP contribution in [0.1, 0.15) is 30.4 Å². The molecule has 1 unspecified atom stereocenters. The molecule has 3 rings (SSSR count). The van der Waals surface area contributed by atoms with Crippen LogP contribution in [0, 0.1) is 6.92 Å². The molecule has 19 heavy (non-hydrogen) atoms. The third kappa shape index (κ3) is 3.26. The highest BCUT2D eigenvalue weighted by Crippen LogP contribution is 2.29. The Morgan fingerprint density at radius 3 is 2.84 bits per heavy atom. The van der Waals surface area contributed by atoms with Gasteiger partial charge in [-0.05, 0) is 43.6 Å². The van der Waals surface area contributed by atoms with Crippen LogP contribution in [0.15, 0.2) is 18.2 Å². The second kappa shape index (κ2) is 5.76. The molecule has 0 aromatic heterocycles. The lowest BCUT2D eigenvalue weighted by Gasteiger charge is -2.28. The number of aryl methyl sites for hydroxylation is 1. The summed E-state index contributed by atoms with van der Waals surface area (Å²) in [6, 6.07) is 8.40. The zero-order valence-electron chi connectivity index (χ0n) is 12.0. The van der Waals surface area contributed by atoms with Crippen LogP contribution in [0.3, 0.4) is 0 Å². The van der Waals surface area contributed by atoms with E-state index in [-0.39, 0.29) is 0 Å². The third-order valence-electron chi connectivity index (χ3n) is 4.23. The average molecular weight is 276 g/mol. The molecule has 1 aliphatic carbocycles. The van der Waals surface area contributed by atoms with E-state index in [1.165, 1.54) is 47.6 Å². The van der Waals surface area contributed by atoms with Crippen LogP contribution in [0.4, 0.5) is 5.69 Å². The second-order valence-electron chi connectivity index (χ2n) is 5.92. The molecule has 1 saturated carbocycles. The van der Waals surface area contributed by atoms with Crippen LogP contribution in [-0.2, 0) is 6.54 Å². The first-order valence-corrected chi connectivity index (χ1v) is 8.53. The van der Waals surface area contributed by atoms with Crippen molar-refractivity contribution in [3.8, 4) is 0 Å². The zero-order chi connectivity index (χ0) is 13.2. The summed E-state index contributed by atoms with van der Waals surface area (Å²) in [5, 5.41) is 3.65. The van der Waals surface area contributed by atoms with E-state index in [1.807, 2.05) is 0 Å². The Hall–Kier alpha value is -0.670. The van der Waals surface area contributed by atoms with Crippen LogP contribution in [0.5, 0.6) is 0 Å². The fourth-order valence-corrected chi connectivity index (χ4v) is 4.03. The average Bonchev–Trinajstić information content (AvgIpc) is 3.07. The summed E-state index contributed by atoms with van der Waals surface area (Å²) < 4.78 is 0. The van der Waals surface area contributed by atoms with Crippen molar-refractivity contribution in [2.75, 3.05) is 23.5 Å². The largest absolute Gasteiger partial charge is 0.370 e. The Bertz CT molecular complexity index is 436. The molecule has 2 nitrogen and oxygen atoms in total. The lowest BCUT2D eigenvalue weighted by molar-refractivity contribution is 0.668. The van der Waals surface area contributed by atoms with Gasteiger partial charge in [0.05, 0.1) is 0 Å². The normalized spacial score (nSPS) is 22.7. The summed E-state index contributed by atoms with van der Waals surface area (Å²) in [5.74, 6) is 2.59. The van der Waals surface area contributed by atoms with Crippen LogP contribution in [-0.4, -0.2) is 30.6 Å². The van der Waals surface area contributed by atoms with E-state index in [0.717, 1.165) is 12.6 Å². The van der Waals surface area contributed by atoms with Gasteiger partial charge in [-0.2, -0.15) is 11.8 Å². The van der Waals surface area contributed by atoms with Crippen LogP contribution >= 0.6 is 11.8 Å². The van der Waals surface area contributed by atoms with Gasteiger partial charge in [0, 0.05) is 37.1 Å². The molecule has 1 saturated heterocycles. The quantitative estimate of drug-likeness (QED) is 0.889. The summed E-state index contributed by atoms with van der Waals surface area (Å²) in [5.41, 5.74) is 4.25. The molecule has 1 aromatic rings. The number of hydrogen-bond acceptors (Lipinski definition) is 3. The highest BCUT2D eigenvalue weighted by atomic mass is 32.2. The Labute approximate surface area is 121 Å². The van der Waals surface area contributed by atoms with Gasteiger partial charge < -0.3 is 10.2 Å². The standard InChI is InChI=1S/C16H24N2S/c1-12-3-6-16(18(2)15-7-8-19-11-15)13(9-12)10-17-14-4-5-14/h3,6,9,14-15,17H,4-5,7-8,10-11H2,1-2H3. The molecular weight excluding hydrogens is 252 g/mol. The van der Waals surface area contributed by atoms with E-state index in [0.29, 0.717) is 6.04 Å². The summed E-state index contributed by atoms with van der Waals surface area (Å²) >= 11 is 2.09. The number of anilines is 1. The number of hydrogen-bond donors (Lipinski definition) is 1. The Morgan fingerprint density at radius 1 is 1.32 bits per heavy atom. The summed E-state index contributed by atoms with van der Waals surface area (Å²) in [6.07, 6.45) is 4.04. The smallest absolute Gasteiger partial charge is 0.0412 e. The van der Waals surface area contributed by atoms with Crippen molar-refractivity contribution in [1.82, 2.24) is 5.32 Å². The molecule has 0 amide bonds. The maximum atomic E-state index is 3.65. The van der Waals surface area contributed by atoms with Crippen molar-refractivity contribution < 1.29 is 0 Å². The van der Waals surface area contributed by atoms with Crippen molar-refractivity contribution in [3.63, 3.8) is 0 Å². The number of nitrogens with one attached hydrogen (secondary N) is 1. The maximum absolute atomic E-state index is 3.65. The second-order valence-corrected chi connectivity index (χ2v) is 7.07. The Balaban J connectivity index is 1.76. The van der Waals surface area contributed by atoms with E-state index in [1.54, 1.807) is 0 Å². The molecule has 3 heteroatoms. The maximum Gasteiger partial charge on any atom is 0.0412 e. The predicted octanol–water partition coefficient (Wildman–Crippen LogP) is 3.19. The molecule has 0 spiro atoms. The molecule has 1 aliphatic heterocycles. The van der Waals surface area contributed by atoms with Gasteiger partial charge in [-0.15, -0.1) is 0 Å². The molecule has 0 bridgehead atoms. The van der Waals surface area contributed by atoms with Crippen molar-refractivity contribution >= 4 is 17.4 Å². The van der Waals surface area contributed by atoms with Crippen molar-refractivity contribution in [2.24, 2.45) is 0 Å². The van der Waals surface area contributed by atoms with Crippen molar-refractivity contribution in [2.45, 2.75) is 44.8 Å². The van der Waals surface area contributed by atoms with Gasteiger partial charge in [0.25, 0.3) is 0 Å².